The fourth-order valence-electron chi connectivity index (χ4n) is 2.51. The van der Waals surface area contributed by atoms with Crippen LogP contribution in [0.5, 0.6) is 11.5 Å². The van der Waals surface area contributed by atoms with Crippen molar-refractivity contribution in [3.05, 3.63) is 29.8 Å². The molecule has 2 amide bonds. The summed E-state index contributed by atoms with van der Waals surface area (Å²) in [7, 11) is 3.09. The van der Waals surface area contributed by atoms with E-state index < -0.39 is 0 Å². The largest absolute Gasteiger partial charge is 0.493 e. The molecule has 8 heteroatoms. The van der Waals surface area contributed by atoms with E-state index >= 15 is 0 Å². The average molecular weight is 373 g/mol. The predicted molar refractivity (Wildman–Crippen MR) is 98.2 cm³/mol. The molecule has 144 valence electrons. The topological polar surface area (TPSA) is 92.1 Å². The van der Waals surface area contributed by atoms with Gasteiger partial charge in [-0.1, -0.05) is 6.07 Å². The van der Waals surface area contributed by atoms with Gasteiger partial charge in [0.1, 0.15) is 6.07 Å². The second kappa shape index (κ2) is 10.2. The van der Waals surface area contributed by atoms with E-state index in [1.54, 1.807) is 36.2 Å². The standard InChI is InChI=1S/C19H23N3O5/c1-21(14-19(24)22-8-11-26-12-9-22)18(23)6-4-15-3-5-16(27-10-7-20)17(13-15)25-2/h3-6,13H,8-12,14H2,1-2H3/b6-4+. The highest BCUT2D eigenvalue weighted by Gasteiger charge is 2.19. The molecule has 27 heavy (non-hydrogen) atoms. The molecule has 8 nitrogen and oxygen atoms in total. The molecule has 1 aromatic carbocycles. The van der Waals surface area contributed by atoms with Crippen molar-refractivity contribution in [2.24, 2.45) is 0 Å². The van der Waals surface area contributed by atoms with Crippen LogP contribution in [0.25, 0.3) is 6.08 Å². The SMILES string of the molecule is COc1cc(/C=C/C(=O)N(C)CC(=O)N2CCOCC2)ccc1OCC#N. The zero-order chi connectivity index (χ0) is 19.6. The molecule has 1 fully saturated rings. The van der Waals surface area contributed by atoms with Crippen molar-refractivity contribution in [1.82, 2.24) is 9.80 Å². The molecule has 0 atom stereocenters. The molecule has 0 aliphatic carbocycles. The van der Waals surface area contributed by atoms with Gasteiger partial charge in [-0.15, -0.1) is 0 Å². The molecular formula is C19H23N3O5. The van der Waals surface area contributed by atoms with Gasteiger partial charge in [-0.25, -0.2) is 0 Å². The number of nitrogens with zero attached hydrogens (tertiary/aromatic N) is 3. The number of carbonyl (C=O) groups excluding carboxylic acids is 2. The summed E-state index contributed by atoms with van der Waals surface area (Å²) in [5.74, 6) is 0.551. The zero-order valence-corrected chi connectivity index (χ0v) is 15.5. The lowest BCUT2D eigenvalue weighted by molar-refractivity contribution is -0.140. The van der Waals surface area contributed by atoms with Gasteiger partial charge in [0.25, 0.3) is 0 Å². The van der Waals surface area contributed by atoms with Crippen LogP contribution < -0.4 is 9.47 Å². The Morgan fingerprint density at radius 2 is 2.07 bits per heavy atom. The number of morpholine rings is 1. The highest BCUT2D eigenvalue weighted by atomic mass is 16.5. The van der Waals surface area contributed by atoms with Crippen LogP contribution in [-0.4, -0.2) is 75.2 Å². The Morgan fingerprint density at radius 1 is 1.33 bits per heavy atom. The molecule has 0 spiro atoms. The van der Waals surface area contributed by atoms with Gasteiger partial charge in [-0.3, -0.25) is 9.59 Å². The third kappa shape index (κ3) is 6.01. The Hall–Kier alpha value is -3.05. The fourth-order valence-corrected chi connectivity index (χ4v) is 2.51. The van der Waals surface area contributed by atoms with Crippen molar-refractivity contribution in [2.75, 3.05) is 53.6 Å². The van der Waals surface area contributed by atoms with Crippen molar-refractivity contribution >= 4 is 17.9 Å². The molecule has 0 N–H and O–H groups in total. The van der Waals surface area contributed by atoms with Crippen LogP contribution in [0.4, 0.5) is 0 Å². The lowest BCUT2D eigenvalue weighted by atomic mass is 10.2. The maximum absolute atomic E-state index is 12.2. The number of hydrogen-bond acceptors (Lipinski definition) is 6. The number of benzene rings is 1. The molecule has 1 aromatic rings. The normalized spacial score (nSPS) is 13.9. The van der Waals surface area contributed by atoms with E-state index in [-0.39, 0.29) is 25.0 Å². The first-order valence-electron chi connectivity index (χ1n) is 8.51. The molecule has 2 rings (SSSR count). The molecule has 0 saturated carbocycles. The summed E-state index contributed by atoms with van der Waals surface area (Å²) in [5.41, 5.74) is 0.734. The molecule has 1 saturated heterocycles. The number of carbonyl (C=O) groups is 2. The van der Waals surface area contributed by atoms with Crippen LogP contribution in [0.1, 0.15) is 5.56 Å². The number of rotatable bonds is 7. The van der Waals surface area contributed by atoms with E-state index in [0.717, 1.165) is 5.56 Å². The van der Waals surface area contributed by atoms with Gasteiger partial charge in [0.2, 0.25) is 11.8 Å². The maximum Gasteiger partial charge on any atom is 0.246 e. The minimum absolute atomic E-state index is 0.0213. The quantitative estimate of drug-likeness (QED) is 0.660. The number of ether oxygens (including phenoxy) is 3. The van der Waals surface area contributed by atoms with Crippen LogP contribution in [0, 0.1) is 11.3 Å². The van der Waals surface area contributed by atoms with Crippen molar-refractivity contribution in [3.8, 4) is 17.6 Å². The molecule has 0 bridgehead atoms. The summed E-state index contributed by atoms with van der Waals surface area (Å²) in [6.07, 6.45) is 3.03. The van der Waals surface area contributed by atoms with Crippen molar-refractivity contribution in [3.63, 3.8) is 0 Å². The number of likely N-dealkylation sites (N-methyl/N-ethyl adjacent to an activating group) is 1. The Morgan fingerprint density at radius 3 is 2.74 bits per heavy atom. The minimum atomic E-state index is -0.277. The first kappa shape index (κ1) is 20.3. The third-order valence-corrected chi connectivity index (χ3v) is 4.01. The Labute approximate surface area is 158 Å². The Balaban J connectivity index is 1.94. The average Bonchev–Trinajstić information content (AvgIpc) is 2.71. The second-order valence-electron chi connectivity index (χ2n) is 5.88. The first-order valence-corrected chi connectivity index (χ1v) is 8.51. The Kier molecular flexibility index (Phi) is 7.64. The van der Waals surface area contributed by atoms with E-state index in [1.807, 2.05) is 6.07 Å². The maximum atomic E-state index is 12.2. The molecule has 1 aliphatic heterocycles. The molecule has 1 aliphatic rings. The molecule has 0 radical (unpaired) electrons. The smallest absolute Gasteiger partial charge is 0.246 e. The highest BCUT2D eigenvalue weighted by Crippen LogP contribution is 2.28. The number of nitriles is 1. The van der Waals surface area contributed by atoms with Crippen LogP contribution in [0.3, 0.4) is 0 Å². The summed E-state index contributed by atoms with van der Waals surface area (Å²) in [5, 5.41) is 8.59. The van der Waals surface area contributed by atoms with Crippen LogP contribution in [-0.2, 0) is 14.3 Å². The molecular weight excluding hydrogens is 350 g/mol. The van der Waals surface area contributed by atoms with E-state index in [0.29, 0.717) is 37.8 Å². The lowest BCUT2D eigenvalue weighted by Gasteiger charge is -2.28. The number of amides is 2. The third-order valence-electron chi connectivity index (χ3n) is 4.01. The van der Waals surface area contributed by atoms with E-state index in [1.165, 1.54) is 18.1 Å². The lowest BCUT2D eigenvalue weighted by Crippen LogP contribution is -2.45. The van der Waals surface area contributed by atoms with E-state index in [2.05, 4.69) is 0 Å². The number of methoxy groups -OCH3 is 1. The summed E-state index contributed by atoms with van der Waals surface area (Å²) >= 11 is 0. The van der Waals surface area contributed by atoms with Gasteiger partial charge in [-0.2, -0.15) is 5.26 Å². The van der Waals surface area contributed by atoms with Gasteiger partial charge in [0.15, 0.2) is 18.1 Å². The second-order valence-corrected chi connectivity index (χ2v) is 5.88. The van der Waals surface area contributed by atoms with Crippen LogP contribution in [0.15, 0.2) is 24.3 Å². The van der Waals surface area contributed by atoms with Gasteiger partial charge in [-0.05, 0) is 23.8 Å². The fraction of sp³-hybridized carbons (Fsp3) is 0.421. The molecule has 1 heterocycles. The van der Waals surface area contributed by atoms with Crippen molar-refractivity contribution in [1.29, 1.82) is 5.26 Å². The van der Waals surface area contributed by atoms with Gasteiger partial charge < -0.3 is 24.0 Å². The van der Waals surface area contributed by atoms with Gasteiger partial charge in [0.05, 0.1) is 26.9 Å². The number of hydrogen-bond donors (Lipinski definition) is 0. The van der Waals surface area contributed by atoms with Gasteiger partial charge in [0, 0.05) is 26.2 Å². The monoisotopic (exact) mass is 373 g/mol. The summed E-state index contributed by atoms with van der Waals surface area (Å²) in [4.78, 5) is 27.5. The Bertz CT molecular complexity index is 735. The predicted octanol–water partition coefficient (Wildman–Crippen LogP) is 0.928. The zero-order valence-electron chi connectivity index (χ0n) is 15.5. The summed E-state index contributed by atoms with van der Waals surface area (Å²) in [6, 6.07) is 7.02. The van der Waals surface area contributed by atoms with E-state index in [4.69, 9.17) is 19.5 Å². The highest BCUT2D eigenvalue weighted by molar-refractivity contribution is 5.94. The van der Waals surface area contributed by atoms with Crippen molar-refractivity contribution < 1.29 is 23.8 Å². The molecule has 0 unspecified atom stereocenters. The van der Waals surface area contributed by atoms with E-state index in [9.17, 15) is 9.59 Å². The first-order chi connectivity index (χ1) is 13.0. The van der Waals surface area contributed by atoms with Gasteiger partial charge >= 0.3 is 0 Å². The van der Waals surface area contributed by atoms with Crippen molar-refractivity contribution in [2.45, 2.75) is 0 Å². The summed E-state index contributed by atoms with van der Waals surface area (Å²) < 4.78 is 15.7. The van der Waals surface area contributed by atoms with Crippen LogP contribution in [0.2, 0.25) is 0 Å². The minimum Gasteiger partial charge on any atom is -0.493 e. The van der Waals surface area contributed by atoms with Crippen LogP contribution >= 0.6 is 0 Å². The summed E-state index contributed by atoms with van der Waals surface area (Å²) in [6.45, 7) is 2.10. The molecule has 0 aromatic heterocycles.